The molecule has 0 radical (unpaired) electrons. The van der Waals surface area contributed by atoms with E-state index < -0.39 is 6.10 Å². The van der Waals surface area contributed by atoms with Gasteiger partial charge in [0, 0.05) is 24.2 Å². The number of carbonyl (C=O) groups is 1. The zero-order valence-corrected chi connectivity index (χ0v) is 13.1. The number of anilines is 1. The van der Waals surface area contributed by atoms with Crippen molar-refractivity contribution in [2.75, 3.05) is 25.1 Å². The zero-order chi connectivity index (χ0) is 15.4. The molecule has 3 N–H and O–H groups in total. The van der Waals surface area contributed by atoms with E-state index in [4.69, 9.17) is 9.47 Å². The highest BCUT2D eigenvalue weighted by molar-refractivity contribution is 7.13. The molecule has 0 aliphatic carbocycles. The van der Waals surface area contributed by atoms with Gasteiger partial charge in [0.2, 0.25) is 5.91 Å². The van der Waals surface area contributed by atoms with Crippen LogP contribution in [0.15, 0.2) is 11.6 Å². The van der Waals surface area contributed by atoms with E-state index in [1.54, 1.807) is 6.20 Å². The van der Waals surface area contributed by atoms with E-state index in [0.717, 1.165) is 12.8 Å². The molecule has 3 rings (SSSR count). The molecule has 0 bridgehead atoms. The lowest BCUT2D eigenvalue weighted by molar-refractivity contribution is -0.134. The molecular formula is C14H21N3O4S. The molecule has 8 heteroatoms. The Labute approximate surface area is 133 Å². The quantitative estimate of drug-likeness (QED) is 0.743. The Bertz CT molecular complexity index is 484. The van der Waals surface area contributed by atoms with E-state index in [1.165, 1.54) is 11.3 Å². The number of ether oxygens (including phenoxy) is 2. The number of hydrogen-bond acceptors (Lipinski definition) is 7. The first-order valence-corrected chi connectivity index (χ1v) is 8.42. The summed E-state index contributed by atoms with van der Waals surface area (Å²) < 4.78 is 11.5. The standard InChI is InChI=1S/C14H21N3O4S/c18-9-6-16-11-2-1-10(21-12(11)8-20-7-9)5-13(19)17-14-15-3-4-22-14/h3-4,9-12,16,18H,1-2,5-8H2,(H,15,17,19)/t9-,10+,11-,12+/m1/s1. The molecule has 0 saturated carbocycles. The van der Waals surface area contributed by atoms with E-state index >= 15 is 0 Å². The summed E-state index contributed by atoms with van der Waals surface area (Å²) >= 11 is 1.40. The lowest BCUT2D eigenvalue weighted by atomic mass is 9.96. The molecule has 1 amide bonds. The summed E-state index contributed by atoms with van der Waals surface area (Å²) in [5.74, 6) is -0.0754. The molecule has 0 unspecified atom stereocenters. The number of aliphatic hydroxyl groups excluding tert-OH is 1. The van der Waals surface area contributed by atoms with Crippen LogP contribution >= 0.6 is 11.3 Å². The van der Waals surface area contributed by atoms with Crippen molar-refractivity contribution in [1.29, 1.82) is 0 Å². The van der Waals surface area contributed by atoms with Crippen LogP contribution in [0.1, 0.15) is 19.3 Å². The van der Waals surface area contributed by atoms with Crippen LogP contribution in [-0.2, 0) is 14.3 Å². The second kappa shape index (κ2) is 7.47. The smallest absolute Gasteiger partial charge is 0.228 e. The van der Waals surface area contributed by atoms with Crippen molar-refractivity contribution in [2.24, 2.45) is 0 Å². The van der Waals surface area contributed by atoms with Gasteiger partial charge in [-0.2, -0.15) is 0 Å². The van der Waals surface area contributed by atoms with Crippen LogP contribution in [0.25, 0.3) is 0 Å². The lowest BCUT2D eigenvalue weighted by Crippen LogP contribution is -2.53. The SMILES string of the molecule is O=C(C[C@@H]1CC[C@H]2NC[C@@H](O)COC[C@@H]2O1)Nc1nccs1. The number of rotatable bonds is 3. The number of thiazole rings is 1. The Balaban J connectivity index is 1.49. The van der Waals surface area contributed by atoms with Crippen molar-refractivity contribution in [1.82, 2.24) is 10.3 Å². The van der Waals surface area contributed by atoms with Gasteiger partial charge in [0.15, 0.2) is 5.13 Å². The molecule has 0 aromatic carbocycles. The maximum Gasteiger partial charge on any atom is 0.228 e. The fraction of sp³-hybridized carbons (Fsp3) is 0.714. The van der Waals surface area contributed by atoms with Crippen LogP contribution in [0.3, 0.4) is 0 Å². The molecule has 3 heterocycles. The predicted octanol–water partition coefficient (Wildman–Crippen LogP) is 0.369. The van der Waals surface area contributed by atoms with Crippen LogP contribution in [0.2, 0.25) is 0 Å². The average molecular weight is 327 g/mol. The number of fused-ring (bicyclic) bond motifs is 1. The minimum atomic E-state index is -0.470. The molecule has 2 aliphatic rings. The van der Waals surface area contributed by atoms with Gasteiger partial charge in [0.05, 0.1) is 37.9 Å². The highest BCUT2D eigenvalue weighted by Crippen LogP contribution is 2.24. The second-order valence-corrected chi connectivity index (χ2v) is 6.56. The Hall–Kier alpha value is -1.06. The largest absolute Gasteiger partial charge is 0.389 e. The van der Waals surface area contributed by atoms with E-state index in [-0.39, 0.29) is 24.2 Å². The lowest BCUT2D eigenvalue weighted by Gasteiger charge is -2.38. The van der Waals surface area contributed by atoms with Gasteiger partial charge in [0.25, 0.3) is 0 Å². The normalized spacial score (nSPS) is 32.6. The van der Waals surface area contributed by atoms with Gasteiger partial charge < -0.3 is 25.2 Å². The van der Waals surface area contributed by atoms with Crippen LogP contribution in [0.4, 0.5) is 5.13 Å². The maximum atomic E-state index is 12.0. The summed E-state index contributed by atoms with van der Waals surface area (Å²) in [5, 5.41) is 18.1. The van der Waals surface area contributed by atoms with Crippen molar-refractivity contribution in [2.45, 2.75) is 43.6 Å². The van der Waals surface area contributed by atoms with Crippen LogP contribution < -0.4 is 10.6 Å². The van der Waals surface area contributed by atoms with Crippen molar-refractivity contribution in [3.8, 4) is 0 Å². The van der Waals surface area contributed by atoms with Gasteiger partial charge in [-0.3, -0.25) is 4.79 Å². The minimum Gasteiger partial charge on any atom is -0.389 e. The van der Waals surface area contributed by atoms with Crippen molar-refractivity contribution >= 4 is 22.4 Å². The summed E-state index contributed by atoms with van der Waals surface area (Å²) in [6.07, 6.45) is 3.07. The van der Waals surface area contributed by atoms with Gasteiger partial charge in [-0.1, -0.05) is 0 Å². The molecule has 7 nitrogen and oxygen atoms in total. The van der Waals surface area contributed by atoms with Gasteiger partial charge in [-0.15, -0.1) is 11.3 Å². The molecule has 2 fully saturated rings. The van der Waals surface area contributed by atoms with E-state index in [9.17, 15) is 9.90 Å². The monoisotopic (exact) mass is 327 g/mol. The van der Waals surface area contributed by atoms with E-state index in [0.29, 0.717) is 31.3 Å². The number of aliphatic hydroxyl groups is 1. The Morgan fingerprint density at radius 2 is 2.41 bits per heavy atom. The highest BCUT2D eigenvalue weighted by Gasteiger charge is 2.33. The molecule has 4 atom stereocenters. The maximum absolute atomic E-state index is 12.0. The molecule has 122 valence electrons. The average Bonchev–Trinajstić information content (AvgIpc) is 2.97. The third-order valence-corrected chi connectivity index (χ3v) is 4.60. The van der Waals surface area contributed by atoms with Crippen molar-refractivity contribution in [3.05, 3.63) is 11.6 Å². The predicted molar refractivity (Wildman–Crippen MR) is 81.9 cm³/mol. The molecule has 0 spiro atoms. The van der Waals surface area contributed by atoms with E-state index in [2.05, 4.69) is 15.6 Å². The number of nitrogens with zero attached hydrogens (tertiary/aromatic N) is 1. The number of carbonyl (C=O) groups excluding carboxylic acids is 1. The van der Waals surface area contributed by atoms with Gasteiger partial charge in [-0.05, 0) is 12.8 Å². The second-order valence-electron chi connectivity index (χ2n) is 5.67. The Kier molecular flexibility index (Phi) is 5.37. The summed E-state index contributed by atoms with van der Waals surface area (Å²) in [6, 6.07) is 0.174. The fourth-order valence-electron chi connectivity index (χ4n) is 2.83. The third-order valence-electron chi connectivity index (χ3n) is 3.92. The highest BCUT2D eigenvalue weighted by atomic mass is 32.1. The summed E-state index contributed by atoms with van der Waals surface area (Å²) in [4.78, 5) is 16.0. The third kappa shape index (κ3) is 4.23. The minimum absolute atomic E-state index is 0.0705. The van der Waals surface area contributed by atoms with E-state index in [1.807, 2.05) is 5.38 Å². The molecule has 1 aromatic heterocycles. The van der Waals surface area contributed by atoms with Crippen molar-refractivity contribution in [3.63, 3.8) is 0 Å². The first-order valence-electron chi connectivity index (χ1n) is 7.54. The topological polar surface area (TPSA) is 92.7 Å². The van der Waals surface area contributed by atoms with Gasteiger partial charge in [0.1, 0.15) is 0 Å². The molecule has 2 aliphatic heterocycles. The summed E-state index contributed by atoms with van der Waals surface area (Å²) in [5.41, 5.74) is 0. The van der Waals surface area contributed by atoms with Crippen LogP contribution in [-0.4, -0.2) is 60.1 Å². The van der Waals surface area contributed by atoms with Crippen LogP contribution in [0.5, 0.6) is 0 Å². The molecular weight excluding hydrogens is 306 g/mol. The summed E-state index contributed by atoms with van der Waals surface area (Å²) in [6.45, 7) is 1.27. The zero-order valence-electron chi connectivity index (χ0n) is 12.2. The van der Waals surface area contributed by atoms with Crippen LogP contribution in [0, 0.1) is 0 Å². The molecule has 1 aromatic rings. The fourth-order valence-corrected chi connectivity index (χ4v) is 3.37. The van der Waals surface area contributed by atoms with Crippen molar-refractivity contribution < 1.29 is 19.4 Å². The number of amides is 1. The Morgan fingerprint density at radius 1 is 1.50 bits per heavy atom. The molecule has 2 saturated heterocycles. The first-order chi connectivity index (χ1) is 10.7. The van der Waals surface area contributed by atoms with Gasteiger partial charge in [-0.25, -0.2) is 4.98 Å². The number of aromatic nitrogens is 1. The van der Waals surface area contributed by atoms with Gasteiger partial charge >= 0.3 is 0 Å². The number of nitrogens with one attached hydrogen (secondary N) is 2. The summed E-state index contributed by atoms with van der Waals surface area (Å²) in [7, 11) is 0. The number of hydrogen-bond donors (Lipinski definition) is 3. The first kappa shape index (κ1) is 15.8. The Morgan fingerprint density at radius 3 is 3.23 bits per heavy atom. The number of β-amino-alcohol motifs (C(OH)–C–C–N with tert-alkyl or cyclic N) is 1. The molecule has 22 heavy (non-hydrogen) atoms.